The molecule has 1 aromatic carbocycles. The third kappa shape index (κ3) is 2.49. The Labute approximate surface area is 88.4 Å². The van der Waals surface area contributed by atoms with Crippen molar-refractivity contribution in [3.05, 3.63) is 28.3 Å². The second-order valence-corrected chi connectivity index (χ2v) is 4.29. The molecule has 0 heterocycles. The van der Waals surface area contributed by atoms with Crippen LogP contribution in [0.25, 0.3) is 0 Å². The average Bonchev–Trinajstić information content (AvgIpc) is 2.16. The van der Waals surface area contributed by atoms with Gasteiger partial charge in [-0.3, -0.25) is 16.0 Å². The molecular weight excluding hydrogens is 220 g/mol. The van der Waals surface area contributed by atoms with E-state index in [2.05, 4.69) is 0 Å². The van der Waals surface area contributed by atoms with Gasteiger partial charge in [-0.25, -0.2) is 4.21 Å². The lowest BCUT2D eigenvalue weighted by Crippen LogP contribution is -2.28. The van der Waals surface area contributed by atoms with Gasteiger partial charge in [-0.1, -0.05) is 0 Å². The molecular formula is C7H10N4O3S. The van der Waals surface area contributed by atoms with Crippen LogP contribution in [-0.4, -0.2) is 20.6 Å². The van der Waals surface area contributed by atoms with Crippen molar-refractivity contribution in [3.8, 4) is 0 Å². The fourth-order valence-electron chi connectivity index (χ4n) is 0.943. The SMILES string of the molecule is CN(N)S(=O)c1cc([N+](=O)[O-])ccc1N. The second-order valence-electron chi connectivity index (χ2n) is 2.77. The van der Waals surface area contributed by atoms with E-state index in [1.165, 1.54) is 19.2 Å². The van der Waals surface area contributed by atoms with Gasteiger partial charge in [0, 0.05) is 24.9 Å². The number of non-ortho nitro benzene ring substituents is 1. The second kappa shape index (κ2) is 4.34. The van der Waals surface area contributed by atoms with Crippen LogP contribution < -0.4 is 11.6 Å². The number of nitrogen functional groups attached to an aromatic ring is 1. The van der Waals surface area contributed by atoms with Crippen LogP contribution in [0.4, 0.5) is 11.4 Å². The maximum atomic E-state index is 11.5. The Kier molecular flexibility index (Phi) is 3.35. The van der Waals surface area contributed by atoms with Crippen LogP contribution in [0.5, 0.6) is 0 Å². The first-order valence-corrected chi connectivity index (χ1v) is 4.98. The van der Waals surface area contributed by atoms with E-state index in [1.54, 1.807) is 0 Å². The molecule has 0 aromatic heterocycles. The van der Waals surface area contributed by atoms with Gasteiger partial charge in [0.05, 0.1) is 9.82 Å². The minimum Gasteiger partial charge on any atom is -0.398 e. The van der Waals surface area contributed by atoms with E-state index in [4.69, 9.17) is 11.6 Å². The zero-order valence-electron chi connectivity index (χ0n) is 7.91. The summed E-state index contributed by atoms with van der Waals surface area (Å²) in [5.41, 5.74) is 5.56. The highest BCUT2D eigenvalue weighted by molar-refractivity contribution is 7.82. The van der Waals surface area contributed by atoms with Gasteiger partial charge < -0.3 is 5.73 Å². The normalized spacial score (nSPS) is 12.7. The van der Waals surface area contributed by atoms with Crippen molar-refractivity contribution < 1.29 is 9.13 Å². The Morgan fingerprint density at radius 2 is 2.13 bits per heavy atom. The van der Waals surface area contributed by atoms with E-state index in [-0.39, 0.29) is 16.3 Å². The van der Waals surface area contributed by atoms with E-state index in [0.717, 1.165) is 10.5 Å². The first kappa shape index (κ1) is 11.6. The fourth-order valence-corrected chi connectivity index (χ4v) is 1.74. The summed E-state index contributed by atoms with van der Waals surface area (Å²) in [4.78, 5) is 10.0. The number of hydrazine groups is 1. The van der Waals surface area contributed by atoms with Crippen LogP contribution in [0.15, 0.2) is 23.1 Å². The maximum Gasteiger partial charge on any atom is 0.270 e. The number of nitrogens with zero attached hydrogens (tertiary/aromatic N) is 2. The predicted octanol–water partition coefficient (Wildman–Crippen LogP) is 0.00510. The van der Waals surface area contributed by atoms with Crippen LogP contribution in [0.1, 0.15) is 0 Å². The monoisotopic (exact) mass is 230 g/mol. The molecule has 8 heteroatoms. The third-order valence-corrected chi connectivity index (χ3v) is 2.91. The Morgan fingerprint density at radius 1 is 1.53 bits per heavy atom. The van der Waals surface area contributed by atoms with Crippen LogP contribution in [0, 0.1) is 10.1 Å². The fraction of sp³-hybridized carbons (Fsp3) is 0.143. The van der Waals surface area contributed by atoms with E-state index in [9.17, 15) is 14.3 Å². The number of rotatable bonds is 3. The Morgan fingerprint density at radius 3 is 2.60 bits per heavy atom. The summed E-state index contributed by atoms with van der Waals surface area (Å²) in [6.45, 7) is 0. The highest BCUT2D eigenvalue weighted by atomic mass is 32.2. The smallest absolute Gasteiger partial charge is 0.270 e. The Hall–Kier alpha value is -1.51. The molecule has 0 aliphatic carbocycles. The lowest BCUT2D eigenvalue weighted by atomic mass is 10.3. The van der Waals surface area contributed by atoms with Crippen LogP contribution >= 0.6 is 0 Å². The largest absolute Gasteiger partial charge is 0.398 e. The molecule has 82 valence electrons. The first-order chi connectivity index (χ1) is 6.93. The molecule has 1 rings (SSSR count). The van der Waals surface area contributed by atoms with E-state index >= 15 is 0 Å². The van der Waals surface area contributed by atoms with Crippen molar-refractivity contribution in [2.24, 2.45) is 5.84 Å². The zero-order valence-corrected chi connectivity index (χ0v) is 8.73. The van der Waals surface area contributed by atoms with Crippen molar-refractivity contribution in [2.75, 3.05) is 12.8 Å². The van der Waals surface area contributed by atoms with E-state index in [1.807, 2.05) is 0 Å². The van der Waals surface area contributed by atoms with E-state index < -0.39 is 15.9 Å². The molecule has 1 atom stereocenters. The Bertz CT molecular complexity index is 421. The summed E-state index contributed by atoms with van der Waals surface area (Å²) in [6.07, 6.45) is 0. The standard InChI is InChI=1S/C7H10N4O3S/c1-10(9)15(14)7-4-5(11(12)13)2-3-6(7)8/h2-4H,8-9H2,1H3. The number of nitro groups is 1. The highest BCUT2D eigenvalue weighted by Crippen LogP contribution is 2.22. The van der Waals surface area contributed by atoms with Crippen LogP contribution in [0.3, 0.4) is 0 Å². The van der Waals surface area contributed by atoms with Gasteiger partial charge in [0.2, 0.25) is 0 Å². The maximum absolute atomic E-state index is 11.5. The molecule has 0 fully saturated rings. The molecule has 0 spiro atoms. The summed E-state index contributed by atoms with van der Waals surface area (Å²) in [5, 5.41) is 10.5. The van der Waals surface area contributed by atoms with Crippen molar-refractivity contribution in [2.45, 2.75) is 4.90 Å². The third-order valence-electron chi connectivity index (χ3n) is 1.66. The molecule has 0 saturated carbocycles. The van der Waals surface area contributed by atoms with Crippen LogP contribution in [0.2, 0.25) is 0 Å². The van der Waals surface area contributed by atoms with Gasteiger partial charge in [0.1, 0.15) is 11.0 Å². The van der Waals surface area contributed by atoms with Crippen molar-refractivity contribution >= 4 is 22.4 Å². The quantitative estimate of drug-likeness (QED) is 0.328. The van der Waals surface area contributed by atoms with Crippen molar-refractivity contribution in [3.63, 3.8) is 0 Å². The van der Waals surface area contributed by atoms with Gasteiger partial charge in [-0.05, 0) is 6.07 Å². The molecule has 0 saturated heterocycles. The summed E-state index contributed by atoms with van der Waals surface area (Å²) in [5.74, 6) is 5.27. The molecule has 1 aromatic rings. The molecule has 0 aliphatic heterocycles. The van der Waals surface area contributed by atoms with Gasteiger partial charge >= 0.3 is 0 Å². The predicted molar refractivity (Wildman–Crippen MR) is 55.9 cm³/mol. The summed E-state index contributed by atoms with van der Waals surface area (Å²) < 4.78 is 12.5. The molecule has 4 N–H and O–H groups in total. The number of nitro benzene ring substituents is 1. The summed E-state index contributed by atoms with van der Waals surface area (Å²) in [7, 11) is -0.309. The molecule has 7 nitrogen and oxygen atoms in total. The molecule has 0 aliphatic rings. The van der Waals surface area contributed by atoms with E-state index in [0.29, 0.717) is 0 Å². The molecule has 0 bridgehead atoms. The van der Waals surface area contributed by atoms with Gasteiger partial charge in [-0.15, -0.1) is 0 Å². The zero-order chi connectivity index (χ0) is 11.6. The number of hydrogen-bond donors (Lipinski definition) is 2. The van der Waals surface area contributed by atoms with Crippen molar-refractivity contribution in [1.29, 1.82) is 0 Å². The number of hydrogen-bond acceptors (Lipinski definition) is 5. The summed E-state index contributed by atoms with van der Waals surface area (Å²) >= 11 is 0. The highest BCUT2D eigenvalue weighted by Gasteiger charge is 2.15. The van der Waals surface area contributed by atoms with Gasteiger partial charge in [0.25, 0.3) is 5.69 Å². The molecule has 0 amide bonds. The lowest BCUT2D eigenvalue weighted by molar-refractivity contribution is -0.385. The topological polar surface area (TPSA) is 115 Å². The number of benzene rings is 1. The molecule has 1 unspecified atom stereocenters. The summed E-state index contributed by atoms with van der Waals surface area (Å²) in [6, 6.07) is 3.72. The first-order valence-electron chi connectivity index (χ1n) is 3.87. The van der Waals surface area contributed by atoms with Gasteiger partial charge in [-0.2, -0.15) is 4.41 Å². The molecule has 0 radical (unpaired) electrons. The Balaban J connectivity index is 3.22. The van der Waals surface area contributed by atoms with Crippen LogP contribution in [-0.2, 0) is 11.0 Å². The van der Waals surface area contributed by atoms with Gasteiger partial charge in [0.15, 0.2) is 0 Å². The number of anilines is 1. The van der Waals surface area contributed by atoms with Crippen molar-refractivity contribution in [1.82, 2.24) is 4.41 Å². The molecule has 15 heavy (non-hydrogen) atoms. The number of nitrogens with two attached hydrogens (primary N) is 2. The minimum atomic E-state index is -1.69. The average molecular weight is 230 g/mol. The lowest BCUT2D eigenvalue weighted by Gasteiger charge is -2.10. The minimum absolute atomic E-state index is 0.134.